The van der Waals surface area contributed by atoms with E-state index < -0.39 is 0 Å². The average molecular weight is 334 g/mol. The lowest BCUT2D eigenvalue weighted by molar-refractivity contribution is 0.696. The molecule has 1 aromatic carbocycles. The van der Waals surface area contributed by atoms with E-state index in [4.69, 9.17) is 0 Å². The maximum absolute atomic E-state index is 2.53. The van der Waals surface area contributed by atoms with E-state index >= 15 is 0 Å². The van der Waals surface area contributed by atoms with Gasteiger partial charge in [-0.1, -0.05) is 60.9 Å². The Morgan fingerprint density at radius 2 is 1.41 bits per heavy atom. The van der Waals surface area contributed by atoms with Crippen LogP contribution in [-0.4, -0.2) is 23.1 Å². The molecule has 2 aliphatic heterocycles. The molecule has 4 unspecified atom stereocenters. The molecule has 2 aliphatic rings. The number of benzene rings is 1. The van der Waals surface area contributed by atoms with Gasteiger partial charge in [-0.2, -0.15) is 0 Å². The molecule has 2 saturated heterocycles. The van der Waals surface area contributed by atoms with Crippen molar-refractivity contribution in [2.45, 2.75) is 82.7 Å². The summed E-state index contributed by atoms with van der Waals surface area (Å²) in [7, 11) is 0.215. The Balaban J connectivity index is 1.96. The summed E-state index contributed by atoms with van der Waals surface area (Å²) >= 11 is 0. The summed E-state index contributed by atoms with van der Waals surface area (Å²) in [6.45, 7) is 7.27. The molecular formula is C20H32P2. The van der Waals surface area contributed by atoms with Gasteiger partial charge in [0.25, 0.3) is 0 Å². The van der Waals surface area contributed by atoms with Crippen LogP contribution in [0.25, 0.3) is 0 Å². The van der Waals surface area contributed by atoms with Gasteiger partial charge in [-0.05, 0) is 78.7 Å². The van der Waals surface area contributed by atoms with E-state index in [2.05, 4.69) is 45.0 Å². The molecule has 0 nitrogen and oxygen atoms in total. The fourth-order valence-electron chi connectivity index (χ4n) is 4.66. The topological polar surface area (TPSA) is 0 Å². The Bertz CT molecular complexity index is 472. The molecule has 0 amide bonds. The lowest BCUT2D eigenvalue weighted by Crippen LogP contribution is -2.28. The van der Waals surface area contributed by atoms with Crippen molar-refractivity contribution in [2.24, 2.45) is 0 Å². The Labute approximate surface area is 140 Å². The predicted octanol–water partition coefficient (Wildman–Crippen LogP) is 5.82. The lowest BCUT2D eigenvalue weighted by Gasteiger charge is -2.30. The molecule has 0 aromatic heterocycles. The first kappa shape index (κ1) is 16.9. The largest absolute Gasteiger partial charge is 0.0715 e. The second-order valence-corrected chi connectivity index (χ2v) is 12.4. The number of hydrogen-bond donors (Lipinski definition) is 0. The van der Waals surface area contributed by atoms with Crippen LogP contribution in [0.5, 0.6) is 0 Å². The number of hydrogen-bond acceptors (Lipinski definition) is 0. The molecule has 3 rings (SSSR count). The molecule has 1 aromatic rings. The second kappa shape index (κ2) is 7.77. The van der Waals surface area contributed by atoms with Gasteiger partial charge in [-0.15, -0.1) is 0 Å². The lowest BCUT2D eigenvalue weighted by atomic mass is 10.1. The molecule has 0 bridgehead atoms. The van der Waals surface area contributed by atoms with Crippen LogP contribution in [0.2, 0.25) is 0 Å². The van der Waals surface area contributed by atoms with E-state index in [1.165, 1.54) is 51.1 Å². The standard InChI is InChI=1S/C20H32P2/c1-4-16-10-9-15-21(16)19-11-7-8-12-20(19)22-17(5-2)13-14-18(22)6-3/h7-8,11-12,16-18H,4-6,9-10,13-15H2,1-3H3/t16?,17-,18?,21?,22?/m1/s1. The van der Waals surface area contributed by atoms with Crippen LogP contribution >= 0.6 is 15.8 Å². The Hall–Kier alpha value is 0.0800. The van der Waals surface area contributed by atoms with Crippen LogP contribution in [0.4, 0.5) is 0 Å². The first-order chi connectivity index (χ1) is 10.8. The van der Waals surface area contributed by atoms with Gasteiger partial charge in [0.2, 0.25) is 0 Å². The third-order valence-electron chi connectivity index (χ3n) is 5.88. The summed E-state index contributed by atoms with van der Waals surface area (Å²) in [6.07, 6.45) is 11.6. The van der Waals surface area contributed by atoms with Crippen molar-refractivity contribution in [1.82, 2.24) is 0 Å². The van der Waals surface area contributed by atoms with Crippen LogP contribution < -0.4 is 10.6 Å². The van der Waals surface area contributed by atoms with Gasteiger partial charge in [0, 0.05) is 0 Å². The van der Waals surface area contributed by atoms with Crippen LogP contribution in [0.15, 0.2) is 24.3 Å². The normalized spacial score (nSPS) is 35.1. The maximum Gasteiger partial charge on any atom is -0.0158 e. The summed E-state index contributed by atoms with van der Waals surface area (Å²) in [4.78, 5) is 0. The molecular weight excluding hydrogens is 302 g/mol. The van der Waals surface area contributed by atoms with E-state index in [-0.39, 0.29) is 15.8 Å². The zero-order valence-corrected chi connectivity index (χ0v) is 16.4. The van der Waals surface area contributed by atoms with Crippen LogP contribution in [0.1, 0.15) is 65.7 Å². The summed E-state index contributed by atoms with van der Waals surface area (Å²) in [5.74, 6) is 0. The third kappa shape index (κ3) is 3.16. The van der Waals surface area contributed by atoms with Crippen LogP contribution in [0.3, 0.4) is 0 Å². The summed E-state index contributed by atoms with van der Waals surface area (Å²) in [5.41, 5.74) is 3.01. The van der Waals surface area contributed by atoms with Crippen molar-refractivity contribution in [2.75, 3.05) is 6.16 Å². The van der Waals surface area contributed by atoms with Crippen LogP contribution in [-0.2, 0) is 0 Å². The monoisotopic (exact) mass is 334 g/mol. The SMILES string of the molecule is CCC1CCCP1c1ccccc1P1C(CC)CC[C@H]1CC. The predicted molar refractivity (Wildman–Crippen MR) is 105 cm³/mol. The first-order valence-corrected chi connectivity index (χ1v) is 12.5. The molecule has 0 aliphatic carbocycles. The smallest absolute Gasteiger partial charge is 0.0158 e. The summed E-state index contributed by atoms with van der Waals surface area (Å²) in [5, 5.41) is 3.66. The molecule has 0 N–H and O–H groups in total. The highest BCUT2D eigenvalue weighted by atomic mass is 31.1. The summed E-state index contributed by atoms with van der Waals surface area (Å²) in [6, 6.07) is 9.70. The van der Waals surface area contributed by atoms with E-state index in [1.54, 1.807) is 0 Å². The number of rotatable bonds is 5. The fraction of sp³-hybridized carbons (Fsp3) is 0.700. The molecule has 22 heavy (non-hydrogen) atoms. The highest BCUT2D eigenvalue weighted by molar-refractivity contribution is 7.73. The minimum absolute atomic E-state index is 0.0880. The Morgan fingerprint density at radius 1 is 0.818 bits per heavy atom. The highest BCUT2D eigenvalue weighted by Gasteiger charge is 2.37. The zero-order chi connectivity index (χ0) is 15.5. The molecule has 2 heteroatoms. The Morgan fingerprint density at radius 3 is 2.00 bits per heavy atom. The molecule has 2 heterocycles. The van der Waals surface area contributed by atoms with Crippen LogP contribution in [0, 0.1) is 0 Å². The first-order valence-electron chi connectivity index (χ1n) is 9.44. The van der Waals surface area contributed by atoms with Crippen molar-refractivity contribution in [3.63, 3.8) is 0 Å². The second-order valence-electron chi connectivity index (χ2n) is 7.00. The Kier molecular flexibility index (Phi) is 5.97. The molecule has 2 fully saturated rings. The van der Waals surface area contributed by atoms with Gasteiger partial charge in [-0.25, -0.2) is 0 Å². The van der Waals surface area contributed by atoms with E-state index in [9.17, 15) is 0 Å². The minimum atomic E-state index is 0.0880. The van der Waals surface area contributed by atoms with Crippen molar-refractivity contribution in [3.8, 4) is 0 Å². The average Bonchev–Trinajstić information content (AvgIpc) is 3.20. The molecule has 0 saturated carbocycles. The zero-order valence-electron chi connectivity index (χ0n) is 14.6. The minimum Gasteiger partial charge on any atom is -0.0715 e. The fourth-order valence-corrected chi connectivity index (χ4v) is 12.1. The van der Waals surface area contributed by atoms with E-state index in [0.717, 1.165) is 17.0 Å². The van der Waals surface area contributed by atoms with Crippen molar-refractivity contribution < 1.29 is 0 Å². The molecule has 122 valence electrons. The van der Waals surface area contributed by atoms with Crippen molar-refractivity contribution in [3.05, 3.63) is 24.3 Å². The van der Waals surface area contributed by atoms with Gasteiger partial charge in [-0.3, -0.25) is 0 Å². The summed E-state index contributed by atoms with van der Waals surface area (Å²) < 4.78 is 0. The van der Waals surface area contributed by atoms with Gasteiger partial charge < -0.3 is 0 Å². The molecule has 0 radical (unpaired) electrons. The van der Waals surface area contributed by atoms with Crippen molar-refractivity contribution in [1.29, 1.82) is 0 Å². The van der Waals surface area contributed by atoms with Gasteiger partial charge in [0.05, 0.1) is 0 Å². The van der Waals surface area contributed by atoms with Gasteiger partial charge in [0.15, 0.2) is 0 Å². The highest BCUT2D eigenvalue weighted by Crippen LogP contribution is 2.59. The van der Waals surface area contributed by atoms with E-state index in [0.29, 0.717) is 0 Å². The molecule has 0 spiro atoms. The molecule has 5 atom stereocenters. The van der Waals surface area contributed by atoms with E-state index in [1.807, 2.05) is 10.6 Å². The quantitative estimate of drug-likeness (QED) is 0.595. The van der Waals surface area contributed by atoms with Crippen molar-refractivity contribution >= 4 is 26.5 Å². The van der Waals surface area contributed by atoms with Gasteiger partial charge >= 0.3 is 0 Å². The maximum atomic E-state index is 2.53. The third-order valence-corrected chi connectivity index (χ3v) is 13.1. The van der Waals surface area contributed by atoms with Gasteiger partial charge in [0.1, 0.15) is 0 Å².